The molecule has 5 heteroatoms. The molecule has 0 bridgehead atoms. The summed E-state index contributed by atoms with van der Waals surface area (Å²) in [6.45, 7) is 8.83. The lowest BCUT2D eigenvalue weighted by Crippen LogP contribution is -2.49. The van der Waals surface area contributed by atoms with Gasteiger partial charge in [0.15, 0.2) is 0 Å². The molecule has 1 N–H and O–H groups in total. The molecule has 1 aliphatic carbocycles. The monoisotopic (exact) mass is 396 g/mol. The minimum Gasteiger partial charge on any atom is -0.354 e. The molecule has 0 amide bonds. The average Bonchev–Trinajstić information content (AvgIpc) is 2.89. The van der Waals surface area contributed by atoms with E-state index in [0.29, 0.717) is 5.25 Å². The van der Waals surface area contributed by atoms with E-state index in [0.717, 1.165) is 39.1 Å². The van der Waals surface area contributed by atoms with E-state index in [1.54, 1.807) is 0 Å². The Labute approximate surface area is 173 Å². The van der Waals surface area contributed by atoms with Crippen molar-refractivity contribution in [2.45, 2.75) is 42.9 Å². The van der Waals surface area contributed by atoms with Crippen LogP contribution in [0.1, 0.15) is 37.3 Å². The van der Waals surface area contributed by atoms with Gasteiger partial charge in [-0.3, -0.25) is 4.90 Å². The number of piperazine rings is 1. The van der Waals surface area contributed by atoms with Gasteiger partial charge in [0.1, 0.15) is 5.84 Å². The number of hydrogen-bond acceptors (Lipinski definition) is 5. The minimum atomic E-state index is 0.428. The van der Waals surface area contributed by atoms with Crippen LogP contribution in [0.5, 0.6) is 0 Å². The van der Waals surface area contributed by atoms with Crippen LogP contribution in [-0.2, 0) is 6.54 Å². The second-order valence-electron chi connectivity index (χ2n) is 7.84. The quantitative estimate of drug-likeness (QED) is 0.818. The summed E-state index contributed by atoms with van der Waals surface area (Å²) < 4.78 is 0. The fourth-order valence-electron chi connectivity index (χ4n) is 4.12. The first kappa shape index (κ1) is 19.7. The number of rotatable bonds is 5. The smallest absolute Gasteiger partial charge is 0.137 e. The van der Waals surface area contributed by atoms with Gasteiger partial charge < -0.3 is 10.2 Å². The molecule has 150 valence electrons. The van der Waals surface area contributed by atoms with Gasteiger partial charge in [0.2, 0.25) is 0 Å². The predicted octanol–water partition coefficient (Wildman–Crippen LogP) is 3.89. The van der Waals surface area contributed by atoms with Crippen molar-refractivity contribution in [3.63, 3.8) is 0 Å². The van der Waals surface area contributed by atoms with Gasteiger partial charge in [-0.15, -0.1) is 11.8 Å². The van der Waals surface area contributed by atoms with Crippen LogP contribution in [0.3, 0.4) is 0 Å². The topological polar surface area (TPSA) is 30.9 Å². The maximum Gasteiger partial charge on any atom is 0.137 e. The molecule has 1 unspecified atom stereocenters. The third kappa shape index (κ3) is 4.37. The number of thioether (sulfide) groups is 1. The van der Waals surface area contributed by atoms with Crippen LogP contribution in [0.15, 0.2) is 52.0 Å². The van der Waals surface area contributed by atoms with Crippen molar-refractivity contribution < 1.29 is 0 Å². The number of amidine groups is 1. The van der Waals surface area contributed by atoms with Crippen LogP contribution in [0.25, 0.3) is 0 Å². The van der Waals surface area contributed by atoms with E-state index >= 15 is 0 Å². The molecule has 1 fully saturated rings. The molecule has 2 aliphatic heterocycles. The Kier molecular flexibility index (Phi) is 6.55. The van der Waals surface area contributed by atoms with Gasteiger partial charge in [0, 0.05) is 43.2 Å². The number of fused-ring (bicyclic) bond motifs is 2. The van der Waals surface area contributed by atoms with E-state index in [-0.39, 0.29) is 0 Å². The molecule has 0 saturated carbocycles. The highest BCUT2D eigenvalue weighted by Gasteiger charge is 2.28. The van der Waals surface area contributed by atoms with Crippen molar-refractivity contribution in [3.05, 3.63) is 53.3 Å². The number of nitrogens with one attached hydrogen (secondary N) is 1. The number of hydrogen-bond donors (Lipinski definition) is 1. The van der Waals surface area contributed by atoms with E-state index in [4.69, 9.17) is 4.99 Å². The first-order chi connectivity index (χ1) is 13.8. The maximum atomic E-state index is 5.22. The van der Waals surface area contributed by atoms with E-state index in [9.17, 15) is 0 Å². The van der Waals surface area contributed by atoms with Gasteiger partial charge in [-0.05, 0) is 50.2 Å². The molecule has 2 heterocycles. The molecule has 3 aliphatic rings. The minimum absolute atomic E-state index is 0.428. The Bertz CT molecular complexity index is 775. The van der Waals surface area contributed by atoms with Crippen LogP contribution >= 0.6 is 11.8 Å². The summed E-state index contributed by atoms with van der Waals surface area (Å²) in [5.41, 5.74) is 3.88. The van der Waals surface area contributed by atoms with Gasteiger partial charge in [-0.2, -0.15) is 0 Å². The molecule has 1 atom stereocenters. The van der Waals surface area contributed by atoms with Crippen LogP contribution < -0.4 is 5.32 Å². The third-order valence-electron chi connectivity index (χ3n) is 5.75. The molecule has 28 heavy (non-hydrogen) atoms. The number of aliphatic imine (C=N–C) groups is 1. The van der Waals surface area contributed by atoms with E-state index in [2.05, 4.69) is 58.5 Å². The normalized spacial score (nSPS) is 22.2. The molecule has 1 saturated heterocycles. The molecular formula is C23H32N4S. The van der Waals surface area contributed by atoms with E-state index in [1.807, 2.05) is 18.8 Å². The Morgan fingerprint density at radius 2 is 2.07 bits per heavy atom. The number of unbranched alkanes of at least 4 members (excludes halogenated alkanes) is 1. The lowest BCUT2D eigenvalue weighted by molar-refractivity contribution is 0.180. The summed E-state index contributed by atoms with van der Waals surface area (Å²) >= 11 is 1.98. The van der Waals surface area contributed by atoms with Gasteiger partial charge in [-0.1, -0.05) is 31.6 Å². The summed E-state index contributed by atoms with van der Waals surface area (Å²) in [5.74, 6) is 1.18. The molecule has 4 nitrogen and oxygen atoms in total. The predicted molar refractivity (Wildman–Crippen MR) is 120 cm³/mol. The Balaban J connectivity index is 1.62. The third-order valence-corrected chi connectivity index (χ3v) is 7.07. The standard InChI is InChI=1S/C23H32N4S/c1-3-4-11-26-12-14-27(15-13-26)23-19-10-9-18(17-24-2)16-22(19)28-21-8-6-5-7-20(21)25-23/h5-7,9-10,16,21,24H,3-4,8,11-15,17H2,1-2H3. The van der Waals surface area contributed by atoms with Crippen molar-refractivity contribution in [2.24, 2.45) is 4.99 Å². The fraction of sp³-hybridized carbons (Fsp3) is 0.522. The van der Waals surface area contributed by atoms with Crippen molar-refractivity contribution in [2.75, 3.05) is 39.8 Å². The molecule has 0 aromatic heterocycles. The first-order valence-corrected chi connectivity index (χ1v) is 11.5. The van der Waals surface area contributed by atoms with Crippen LogP contribution in [-0.4, -0.2) is 60.7 Å². The van der Waals surface area contributed by atoms with Gasteiger partial charge in [0.05, 0.1) is 10.9 Å². The zero-order chi connectivity index (χ0) is 19.3. The van der Waals surface area contributed by atoms with Crippen molar-refractivity contribution in [1.82, 2.24) is 15.1 Å². The van der Waals surface area contributed by atoms with Crippen LogP contribution in [0.4, 0.5) is 0 Å². The molecular weight excluding hydrogens is 364 g/mol. The van der Waals surface area contributed by atoms with Crippen molar-refractivity contribution in [3.8, 4) is 0 Å². The van der Waals surface area contributed by atoms with E-state index in [1.165, 1.54) is 46.9 Å². The first-order valence-electron chi connectivity index (χ1n) is 10.7. The number of nitrogens with zero attached hydrogens (tertiary/aromatic N) is 3. The Morgan fingerprint density at radius 1 is 1.21 bits per heavy atom. The second-order valence-corrected chi connectivity index (χ2v) is 9.08. The van der Waals surface area contributed by atoms with E-state index < -0.39 is 0 Å². The van der Waals surface area contributed by atoms with Crippen molar-refractivity contribution in [1.29, 1.82) is 0 Å². The molecule has 4 rings (SSSR count). The summed E-state index contributed by atoms with van der Waals surface area (Å²) in [6, 6.07) is 6.91. The molecule has 0 radical (unpaired) electrons. The summed E-state index contributed by atoms with van der Waals surface area (Å²) in [4.78, 5) is 11.7. The fourth-order valence-corrected chi connectivity index (χ4v) is 5.39. The second kappa shape index (κ2) is 9.29. The van der Waals surface area contributed by atoms with Gasteiger partial charge in [-0.25, -0.2) is 4.99 Å². The van der Waals surface area contributed by atoms with Gasteiger partial charge >= 0.3 is 0 Å². The Morgan fingerprint density at radius 3 is 2.86 bits per heavy atom. The highest BCUT2D eigenvalue weighted by molar-refractivity contribution is 8.00. The summed E-state index contributed by atoms with van der Waals surface area (Å²) in [5, 5.41) is 3.71. The zero-order valence-electron chi connectivity index (χ0n) is 17.2. The maximum absolute atomic E-state index is 5.22. The molecule has 1 aromatic carbocycles. The number of benzene rings is 1. The van der Waals surface area contributed by atoms with Gasteiger partial charge in [0.25, 0.3) is 0 Å². The zero-order valence-corrected chi connectivity index (χ0v) is 18.0. The number of allylic oxidation sites excluding steroid dienone is 3. The molecule has 1 aromatic rings. The highest BCUT2D eigenvalue weighted by atomic mass is 32.2. The highest BCUT2D eigenvalue weighted by Crippen LogP contribution is 2.39. The lowest BCUT2D eigenvalue weighted by atomic mass is 10.1. The summed E-state index contributed by atoms with van der Waals surface area (Å²) in [6.07, 6.45) is 10.3. The summed E-state index contributed by atoms with van der Waals surface area (Å²) in [7, 11) is 2.01. The molecule has 0 spiro atoms. The largest absolute Gasteiger partial charge is 0.354 e. The average molecular weight is 397 g/mol. The lowest BCUT2D eigenvalue weighted by Gasteiger charge is -2.36. The van der Waals surface area contributed by atoms with Crippen LogP contribution in [0.2, 0.25) is 0 Å². The SMILES string of the molecule is CCCCN1CCN(C2=NC3=CC=CCC3Sc3cc(CNC)ccc32)CC1. The van der Waals surface area contributed by atoms with Crippen LogP contribution in [0, 0.1) is 0 Å². The Hall–Kier alpha value is -1.56. The van der Waals surface area contributed by atoms with Crippen molar-refractivity contribution >= 4 is 17.6 Å².